The van der Waals surface area contributed by atoms with Crippen LogP contribution >= 0.6 is 0 Å². The van der Waals surface area contributed by atoms with Crippen LogP contribution in [0.2, 0.25) is 0 Å². The zero-order valence-electron chi connectivity index (χ0n) is 16.0. The molecule has 0 spiro atoms. The first kappa shape index (κ1) is 20.6. The molecule has 4 heteroatoms. The van der Waals surface area contributed by atoms with E-state index in [-0.39, 0.29) is 11.4 Å². The van der Waals surface area contributed by atoms with Gasteiger partial charge in [0.1, 0.15) is 11.7 Å². The van der Waals surface area contributed by atoms with Gasteiger partial charge in [-0.2, -0.15) is 0 Å². The molecule has 0 aromatic rings. The number of rotatable bonds is 10. The standard InChI is InChI=1S/C20H32O4/c1-14(10-12-17(16(3)21)19(22)23-6)8-7-9-15(2)11-13-18-20(4,5)24-18/h9-10,17-18H,7-8,11-13H2,1-6H3/b14-10+,15-9+. The summed E-state index contributed by atoms with van der Waals surface area (Å²) in [5, 5.41) is 0. The van der Waals surface area contributed by atoms with Crippen molar-refractivity contribution < 1.29 is 19.1 Å². The molecule has 4 nitrogen and oxygen atoms in total. The normalized spacial score (nSPS) is 21.3. The van der Waals surface area contributed by atoms with Crippen LogP contribution in [0.5, 0.6) is 0 Å². The molecule has 0 bridgehead atoms. The number of methoxy groups -OCH3 is 1. The Morgan fingerprint density at radius 1 is 1.12 bits per heavy atom. The largest absolute Gasteiger partial charge is 0.468 e. The van der Waals surface area contributed by atoms with Crippen LogP contribution < -0.4 is 0 Å². The van der Waals surface area contributed by atoms with Crippen LogP contribution in [0.25, 0.3) is 0 Å². The summed E-state index contributed by atoms with van der Waals surface area (Å²) in [4.78, 5) is 23.0. The van der Waals surface area contributed by atoms with Crippen molar-refractivity contribution in [3.05, 3.63) is 23.3 Å². The Labute approximate surface area is 146 Å². The average molecular weight is 336 g/mol. The molecule has 136 valence electrons. The first-order valence-electron chi connectivity index (χ1n) is 8.74. The molecule has 1 rings (SSSR count). The molecule has 1 heterocycles. The van der Waals surface area contributed by atoms with Crippen molar-refractivity contribution >= 4 is 11.8 Å². The summed E-state index contributed by atoms with van der Waals surface area (Å²) in [7, 11) is 1.32. The molecule has 1 aliphatic heterocycles. The highest BCUT2D eigenvalue weighted by molar-refractivity contribution is 5.97. The second-order valence-corrected chi connectivity index (χ2v) is 7.31. The van der Waals surface area contributed by atoms with E-state index in [1.165, 1.54) is 25.2 Å². The summed E-state index contributed by atoms with van der Waals surface area (Å²) in [6, 6.07) is 0. The molecule has 1 fully saturated rings. The molecule has 0 aromatic heterocycles. The lowest BCUT2D eigenvalue weighted by atomic mass is 9.98. The number of ether oxygens (including phenoxy) is 2. The fourth-order valence-corrected chi connectivity index (χ4v) is 2.74. The molecule has 2 atom stereocenters. The highest BCUT2D eigenvalue weighted by Gasteiger charge is 2.46. The van der Waals surface area contributed by atoms with Crippen molar-refractivity contribution in [2.24, 2.45) is 5.92 Å². The number of allylic oxidation sites excluding steroid dienone is 4. The van der Waals surface area contributed by atoms with Crippen LogP contribution in [0.3, 0.4) is 0 Å². The summed E-state index contributed by atoms with van der Waals surface area (Å²) in [6.07, 6.45) is 9.16. The number of ketones is 1. The van der Waals surface area contributed by atoms with Gasteiger partial charge < -0.3 is 9.47 Å². The fraction of sp³-hybridized carbons (Fsp3) is 0.700. The Morgan fingerprint density at radius 2 is 1.71 bits per heavy atom. The quantitative estimate of drug-likeness (QED) is 0.257. The molecule has 1 saturated heterocycles. The fourth-order valence-electron chi connectivity index (χ4n) is 2.74. The van der Waals surface area contributed by atoms with Gasteiger partial charge in [0.05, 0.1) is 18.8 Å². The van der Waals surface area contributed by atoms with E-state index in [4.69, 9.17) is 4.74 Å². The summed E-state index contributed by atoms with van der Waals surface area (Å²) >= 11 is 0. The Kier molecular flexibility index (Phi) is 7.88. The van der Waals surface area contributed by atoms with Gasteiger partial charge >= 0.3 is 5.97 Å². The summed E-state index contributed by atoms with van der Waals surface area (Å²) in [5.41, 5.74) is 2.66. The lowest BCUT2D eigenvalue weighted by molar-refractivity contribution is -0.148. The number of epoxide rings is 1. The molecule has 0 aromatic carbocycles. The monoisotopic (exact) mass is 336 g/mol. The van der Waals surface area contributed by atoms with Crippen LogP contribution in [-0.4, -0.2) is 30.6 Å². The molecule has 1 aliphatic rings. The van der Waals surface area contributed by atoms with E-state index >= 15 is 0 Å². The van der Waals surface area contributed by atoms with E-state index in [2.05, 4.69) is 31.6 Å². The van der Waals surface area contributed by atoms with Crippen LogP contribution in [0.15, 0.2) is 23.3 Å². The van der Waals surface area contributed by atoms with Crippen LogP contribution in [0.1, 0.15) is 66.7 Å². The molecule has 2 unspecified atom stereocenters. The summed E-state index contributed by atoms with van der Waals surface area (Å²) in [6.45, 7) is 9.90. The Bertz CT molecular complexity index is 514. The van der Waals surface area contributed by atoms with Gasteiger partial charge in [0, 0.05) is 0 Å². The highest BCUT2D eigenvalue weighted by Crippen LogP contribution is 2.38. The second-order valence-electron chi connectivity index (χ2n) is 7.31. The van der Waals surface area contributed by atoms with Gasteiger partial charge in [-0.1, -0.05) is 23.3 Å². The van der Waals surface area contributed by atoms with Crippen molar-refractivity contribution in [2.75, 3.05) is 7.11 Å². The van der Waals surface area contributed by atoms with Crippen LogP contribution in [0, 0.1) is 5.92 Å². The number of carbonyl (C=O) groups is 2. The van der Waals surface area contributed by atoms with Gasteiger partial charge in [0.2, 0.25) is 0 Å². The maximum atomic E-state index is 11.6. The number of carbonyl (C=O) groups excluding carboxylic acids is 2. The lowest BCUT2D eigenvalue weighted by Gasteiger charge is -2.09. The summed E-state index contributed by atoms with van der Waals surface area (Å²) in [5.74, 6) is -1.27. The third kappa shape index (κ3) is 7.00. The van der Waals surface area contributed by atoms with Gasteiger partial charge in [-0.25, -0.2) is 0 Å². The molecule has 0 radical (unpaired) electrons. The molecule has 0 saturated carbocycles. The van der Waals surface area contributed by atoms with Gasteiger partial charge in [0.25, 0.3) is 0 Å². The van der Waals surface area contributed by atoms with Crippen molar-refractivity contribution in [1.29, 1.82) is 0 Å². The highest BCUT2D eigenvalue weighted by atomic mass is 16.6. The van der Waals surface area contributed by atoms with Gasteiger partial charge in [-0.3, -0.25) is 9.59 Å². The third-order valence-corrected chi connectivity index (χ3v) is 4.67. The summed E-state index contributed by atoms with van der Waals surface area (Å²) < 4.78 is 10.3. The topological polar surface area (TPSA) is 55.9 Å². The number of Topliss-reactive ketones (excluding diaryl/α,β-unsaturated/α-hetero) is 1. The van der Waals surface area contributed by atoms with E-state index in [9.17, 15) is 9.59 Å². The Balaban J connectivity index is 2.33. The van der Waals surface area contributed by atoms with Gasteiger partial charge in [-0.15, -0.1) is 0 Å². The predicted molar refractivity (Wildman–Crippen MR) is 95.7 cm³/mol. The van der Waals surface area contributed by atoms with Crippen molar-refractivity contribution in [2.45, 2.75) is 78.4 Å². The molecule has 0 amide bonds. The third-order valence-electron chi connectivity index (χ3n) is 4.67. The maximum Gasteiger partial charge on any atom is 0.316 e. The van der Waals surface area contributed by atoms with E-state index in [0.717, 1.165) is 25.7 Å². The Morgan fingerprint density at radius 3 is 2.21 bits per heavy atom. The van der Waals surface area contributed by atoms with E-state index in [1.54, 1.807) is 0 Å². The van der Waals surface area contributed by atoms with E-state index < -0.39 is 11.9 Å². The SMILES string of the molecule is COC(=O)C(C/C=C(\C)CC/C=C(\C)CCC1OC1(C)C)C(C)=O. The van der Waals surface area contributed by atoms with Crippen molar-refractivity contribution in [3.63, 3.8) is 0 Å². The van der Waals surface area contributed by atoms with Gasteiger partial charge in [0.15, 0.2) is 0 Å². The molecule has 24 heavy (non-hydrogen) atoms. The zero-order valence-corrected chi connectivity index (χ0v) is 16.0. The van der Waals surface area contributed by atoms with E-state index in [0.29, 0.717) is 12.5 Å². The van der Waals surface area contributed by atoms with Crippen molar-refractivity contribution in [3.8, 4) is 0 Å². The van der Waals surface area contributed by atoms with E-state index in [1.807, 2.05) is 13.0 Å². The first-order chi connectivity index (χ1) is 11.2. The first-order valence-corrected chi connectivity index (χ1v) is 8.74. The average Bonchev–Trinajstić information content (AvgIpc) is 3.11. The van der Waals surface area contributed by atoms with Crippen molar-refractivity contribution in [1.82, 2.24) is 0 Å². The molecule has 0 N–H and O–H groups in total. The minimum atomic E-state index is -0.677. The number of hydrogen-bond donors (Lipinski definition) is 0. The van der Waals surface area contributed by atoms with Crippen LogP contribution in [-0.2, 0) is 19.1 Å². The van der Waals surface area contributed by atoms with Crippen LogP contribution in [0.4, 0.5) is 0 Å². The molecular formula is C20H32O4. The Hall–Kier alpha value is -1.42. The smallest absolute Gasteiger partial charge is 0.316 e. The predicted octanol–water partition coefficient (Wildman–Crippen LogP) is 4.39. The number of hydrogen-bond acceptors (Lipinski definition) is 4. The van der Waals surface area contributed by atoms with Gasteiger partial charge in [-0.05, 0) is 66.7 Å². The molecule has 0 aliphatic carbocycles. The lowest BCUT2D eigenvalue weighted by Crippen LogP contribution is -2.22. The zero-order chi connectivity index (χ0) is 18.3. The second kappa shape index (κ2) is 9.16. The number of esters is 1. The minimum Gasteiger partial charge on any atom is -0.468 e. The minimum absolute atomic E-state index is 0.0759. The maximum absolute atomic E-state index is 11.6. The molecular weight excluding hydrogens is 304 g/mol.